The maximum Gasteiger partial charge on any atom is 0.332 e. The highest BCUT2D eigenvalue weighted by Gasteiger charge is 2.13. The van der Waals surface area contributed by atoms with Gasteiger partial charge in [-0.2, -0.15) is 0 Å². The van der Waals surface area contributed by atoms with Gasteiger partial charge in [0, 0.05) is 18.3 Å². The van der Waals surface area contributed by atoms with Gasteiger partial charge in [-0.3, -0.25) is 4.79 Å². The molecule has 0 bridgehead atoms. The predicted octanol–water partition coefficient (Wildman–Crippen LogP) is 5.55. The molecule has 0 unspecified atom stereocenters. The first kappa shape index (κ1) is 23.2. The van der Waals surface area contributed by atoms with Crippen molar-refractivity contribution in [3.05, 3.63) is 101 Å². The molecule has 2 aromatic carbocycles. The highest BCUT2D eigenvalue weighted by Crippen LogP contribution is 2.17. The third kappa shape index (κ3) is 6.05. The second-order valence-electron chi connectivity index (χ2n) is 8.09. The molecule has 1 aromatic heterocycles. The number of carboxylic acid groups (broad SMARTS) is 1. The lowest BCUT2D eigenvalue weighted by Crippen LogP contribution is -2.19. The van der Waals surface area contributed by atoms with Gasteiger partial charge < -0.3 is 14.4 Å². The van der Waals surface area contributed by atoms with Crippen LogP contribution in [-0.2, 0) is 22.7 Å². The van der Waals surface area contributed by atoms with Crippen molar-refractivity contribution in [1.82, 2.24) is 4.57 Å². The maximum absolute atomic E-state index is 13.0. The molecule has 0 spiro atoms. The van der Waals surface area contributed by atoms with Crippen molar-refractivity contribution in [3.8, 4) is 0 Å². The molecule has 1 heterocycles. The molecule has 0 aliphatic rings. The van der Waals surface area contributed by atoms with Gasteiger partial charge in [0.05, 0.1) is 12.3 Å². The number of carboxylic acids is 1. The standard InChI is InChI=1S/C27H29NO4/c1-19(2)23-11-13-24(14-12-23)26(29)25-10-6-16-28(25)15-5-9-21-7-4-8-22(17-21)18-32-20(3)27(30)31/h4-14,16-17,19-20H,15,18H2,1-3H3,(H,30,31)/b9-5+/t20-/m1/s1. The van der Waals surface area contributed by atoms with Crippen LogP contribution >= 0.6 is 0 Å². The summed E-state index contributed by atoms with van der Waals surface area (Å²) in [5.41, 5.74) is 4.43. The molecule has 0 aliphatic carbocycles. The normalized spacial score (nSPS) is 12.4. The van der Waals surface area contributed by atoms with Gasteiger partial charge in [-0.1, -0.05) is 68.5 Å². The van der Waals surface area contributed by atoms with Crippen LogP contribution in [0.2, 0.25) is 0 Å². The lowest BCUT2D eigenvalue weighted by atomic mass is 10.00. The van der Waals surface area contributed by atoms with Gasteiger partial charge in [0.25, 0.3) is 0 Å². The number of benzene rings is 2. The summed E-state index contributed by atoms with van der Waals surface area (Å²) in [7, 11) is 0. The monoisotopic (exact) mass is 431 g/mol. The first-order valence-corrected chi connectivity index (χ1v) is 10.7. The average molecular weight is 432 g/mol. The number of rotatable bonds is 10. The second kappa shape index (κ2) is 10.7. The number of aliphatic carboxylic acids is 1. The van der Waals surface area contributed by atoms with Crippen LogP contribution in [0.4, 0.5) is 0 Å². The number of carbonyl (C=O) groups is 2. The molecule has 0 saturated carbocycles. The summed E-state index contributed by atoms with van der Waals surface area (Å²) in [4.78, 5) is 23.8. The summed E-state index contributed by atoms with van der Waals surface area (Å²) in [6.45, 7) is 6.58. The van der Waals surface area contributed by atoms with Gasteiger partial charge in [0.1, 0.15) is 0 Å². The fraction of sp³-hybridized carbons (Fsp3) is 0.259. The van der Waals surface area contributed by atoms with E-state index in [0.29, 0.717) is 23.7 Å². The Morgan fingerprint density at radius 3 is 2.47 bits per heavy atom. The molecule has 3 aromatic rings. The molecule has 5 heteroatoms. The van der Waals surface area contributed by atoms with E-state index >= 15 is 0 Å². The Morgan fingerprint density at radius 1 is 1.03 bits per heavy atom. The Balaban J connectivity index is 1.65. The number of hydrogen-bond acceptors (Lipinski definition) is 3. The Bertz CT molecular complexity index is 1090. The number of ether oxygens (including phenoxy) is 1. The van der Waals surface area contributed by atoms with Crippen molar-refractivity contribution in [2.75, 3.05) is 0 Å². The van der Waals surface area contributed by atoms with E-state index in [-0.39, 0.29) is 12.4 Å². The maximum atomic E-state index is 13.0. The van der Waals surface area contributed by atoms with E-state index in [1.807, 2.05) is 83.6 Å². The Labute approximate surface area is 189 Å². The van der Waals surface area contributed by atoms with E-state index in [9.17, 15) is 9.59 Å². The molecule has 1 N–H and O–H groups in total. The predicted molar refractivity (Wildman–Crippen MR) is 126 cm³/mol. The van der Waals surface area contributed by atoms with Crippen LogP contribution in [0.1, 0.15) is 59.4 Å². The molecule has 0 amide bonds. The van der Waals surface area contributed by atoms with Crippen molar-refractivity contribution in [1.29, 1.82) is 0 Å². The Morgan fingerprint density at radius 2 is 1.78 bits per heavy atom. The van der Waals surface area contributed by atoms with Crippen LogP contribution in [0.15, 0.2) is 72.9 Å². The van der Waals surface area contributed by atoms with Gasteiger partial charge in [0.15, 0.2) is 6.10 Å². The van der Waals surface area contributed by atoms with Crippen LogP contribution in [-0.4, -0.2) is 27.5 Å². The van der Waals surface area contributed by atoms with E-state index in [1.165, 1.54) is 12.5 Å². The summed E-state index contributed by atoms with van der Waals surface area (Å²) in [5.74, 6) is -0.543. The molecular formula is C27H29NO4. The van der Waals surface area contributed by atoms with E-state index in [0.717, 1.165) is 11.1 Å². The van der Waals surface area contributed by atoms with Gasteiger partial charge >= 0.3 is 5.97 Å². The quantitative estimate of drug-likeness (QED) is 0.428. The molecule has 0 radical (unpaired) electrons. The zero-order chi connectivity index (χ0) is 23.1. The number of allylic oxidation sites excluding steroid dienone is 1. The van der Waals surface area contributed by atoms with Crippen LogP contribution in [0, 0.1) is 0 Å². The lowest BCUT2D eigenvalue weighted by molar-refractivity contribution is -0.149. The highest BCUT2D eigenvalue weighted by molar-refractivity contribution is 6.08. The summed E-state index contributed by atoms with van der Waals surface area (Å²) < 4.78 is 7.27. The third-order valence-corrected chi connectivity index (χ3v) is 5.31. The van der Waals surface area contributed by atoms with Crippen molar-refractivity contribution < 1.29 is 19.4 Å². The van der Waals surface area contributed by atoms with Gasteiger partial charge in [-0.05, 0) is 47.7 Å². The smallest absolute Gasteiger partial charge is 0.332 e. The minimum absolute atomic E-state index is 0.00500. The number of carbonyl (C=O) groups excluding carboxylic acids is 1. The molecule has 166 valence electrons. The molecule has 3 rings (SSSR count). The first-order valence-electron chi connectivity index (χ1n) is 10.7. The summed E-state index contributed by atoms with van der Waals surface area (Å²) >= 11 is 0. The average Bonchev–Trinajstić information content (AvgIpc) is 3.25. The zero-order valence-electron chi connectivity index (χ0n) is 18.7. The second-order valence-corrected chi connectivity index (χ2v) is 8.09. The minimum Gasteiger partial charge on any atom is -0.479 e. The molecular weight excluding hydrogens is 402 g/mol. The number of aromatic nitrogens is 1. The van der Waals surface area contributed by atoms with E-state index in [4.69, 9.17) is 9.84 Å². The van der Waals surface area contributed by atoms with Crippen molar-refractivity contribution in [3.63, 3.8) is 0 Å². The number of hydrogen-bond donors (Lipinski definition) is 1. The van der Waals surface area contributed by atoms with Crippen molar-refractivity contribution in [2.24, 2.45) is 0 Å². The topological polar surface area (TPSA) is 68.5 Å². The summed E-state index contributed by atoms with van der Waals surface area (Å²) in [6, 6.07) is 19.3. The third-order valence-electron chi connectivity index (χ3n) is 5.31. The van der Waals surface area contributed by atoms with Crippen LogP contribution in [0.5, 0.6) is 0 Å². The Kier molecular flexibility index (Phi) is 7.79. The summed E-state index contributed by atoms with van der Waals surface area (Å²) in [6.07, 6.45) is 5.03. The van der Waals surface area contributed by atoms with Gasteiger partial charge in [-0.25, -0.2) is 4.79 Å². The zero-order valence-corrected chi connectivity index (χ0v) is 18.7. The SMILES string of the molecule is CC(C)c1ccc(C(=O)c2cccn2C/C=C/c2cccc(CO[C@H](C)C(=O)O)c2)cc1. The highest BCUT2D eigenvalue weighted by atomic mass is 16.5. The molecule has 5 nitrogen and oxygen atoms in total. The first-order chi connectivity index (χ1) is 15.3. The lowest BCUT2D eigenvalue weighted by Gasteiger charge is -2.09. The van der Waals surface area contributed by atoms with E-state index in [2.05, 4.69) is 13.8 Å². The van der Waals surface area contributed by atoms with Crippen LogP contribution < -0.4 is 0 Å². The van der Waals surface area contributed by atoms with Gasteiger partial charge in [0.2, 0.25) is 5.78 Å². The molecule has 0 fully saturated rings. The molecule has 1 atom stereocenters. The fourth-order valence-electron chi connectivity index (χ4n) is 3.33. The molecule has 32 heavy (non-hydrogen) atoms. The van der Waals surface area contributed by atoms with E-state index < -0.39 is 12.1 Å². The fourth-order valence-corrected chi connectivity index (χ4v) is 3.33. The summed E-state index contributed by atoms with van der Waals surface area (Å²) in [5, 5.41) is 8.93. The van der Waals surface area contributed by atoms with E-state index in [1.54, 1.807) is 0 Å². The molecule has 0 aliphatic heterocycles. The number of nitrogens with zero attached hydrogens (tertiary/aromatic N) is 1. The minimum atomic E-state index is -0.978. The van der Waals surface area contributed by atoms with Crippen molar-refractivity contribution >= 4 is 17.8 Å². The molecule has 0 saturated heterocycles. The Hall–Kier alpha value is -3.44. The van der Waals surface area contributed by atoms with Crippen LogP contribution in [0.3, 0.4) is 0 Å². The van der Waals surface area contributed by atoms with Crippen LogP contribution in [0.25, 0.3) is 6.08 Å². The van der Waals surface area contributed by atoms with Crippen molar-refractivity contribution in [2.45, 2.75) is 45.9 Å². The van der Waals surface area contributed by atoms with Gasteiger partial charge in [-0.15, -0.1) is 0 Å². The largest absolute Gasteiger partial charge is 0.479 e. The number of ketones is 1.